The maximum absolute atomic E-state index is 14.0. The average Bonchev–Trinajstić information content (AvgIpc) is 3.34. The lowest BCUT2D eigenvalue weighted by Gasteiger charge is -2.25. The first kappa shape index (κ1) is 30.3. The van der Waals surface area contributed by atoms with Crippen LogP contribution in [0.5, 0.6) is 5.75 Å². The van der Waals surface area contributed by atoms with Crippen LogP contribution in [-0.4, -0.2) is 10.5 Å². The molecule has 0 saturated carbocycles. The summed E-state index contributed by atoms with van der Waals surface area (Å²) in [5, 5.41) is 12.9. The molecule has 0 aliphatic carbocycles. The molecule has 0 radical (unpaired) electrons. The van der Waals surface area contributed by atoms with Crippen molar-refractivity contribution in [2.75, 3.05) is 5.32 Å². The first-order chi connectivity index (χ1) is 21.8. The highest BCUT2D eigenvalue weighted by atomic mass is 79.9. The number of halogens is 2. The highest BCUT2D eigenvalue weighted by Crippen LogP contribution is 2.32. The Hall–Kier alpha value is -4.75. The molecule has 7 nitrogen and oxygen atoms in total. The fraction of sp³-hybridized carbons (Fsp3) is 0.0857. The topological polar surface area (TPSA) is 96.5 Å². The number of rotatable bonds is 7. The molecular formula is C35H24BrClN4O3S. The number of thiazole rings is 1. The van der Waals surface area contributed by atoms with Crippen molar-refractivity contribution in [2.24, 2.45) is 4.99 Å². The zero-order valence-electron chi connectivity index (χ0n) is 23.8. The summed E-state index contributed by atoms with van der Waals surface area (Å²) in [6, 6.07) is 30.6. The van der Waals surface area contributed by atoms with Crippen molar-refractivity contribution in [1.29, 1.82) is 5.26 Å². The minimum absolute atomic E-state index is 0.241. The van der Waals surface area contributed by atoms with Crippen LogP contribution in [0.2, 0.25) is 5.02 Å². The zero-order chi connectivity index (χ0) is 31.5. The van der Waals surface area contributed by atoms with Crippen LogP contribution in [0.3, 0.4) is 0 Å². The molecule has 0 unspecified atom stereocenters. The highest BCUT2D eigenvalue weighted by molar-refractivity contribution is 9.10. The summed E-state index contributed by atoms with van der Waals surface area (Å²) in [6.45, 7) is 2.02. The van der Waals surface area contributed by atoms with Gasteiger partial charge in [0.25, 0.3) is 11.5 Å². The molecule has 10 heteroatoms. The highest BCUT2D eigenvalue weighted by Gasteiger charge is 2.32. The summed E-state index contributed by atoms with van der Waals surface area (Å²) in [5.74, 6) is 0.266. The van der Waals surface area contributed by atoms with Gasteiger partial charge >= 0.3 is 0 Å². The Kier molecular flexibility index (Phi) is 8.80. The Balaban J connectivity index is 1.36. The van der Waals surface area contributed by atoms with Gasteiger partial charge in [0.15, 0.2) is 4.80 Å². The molecular weight excluding hydrogens is 672 g/mol. The number of amides is 1. The molecule has 5 aromatic rings. The molecule has 222 valence electrons. The summed E-state index contributed by atoms with van der Waals surface area (Å²) in [5.41, 5.74) is 4.15. The lowest BCUT2D eigenvalue weighted by Crippen LogP contribution is -2.40. The van der Waals surface area contributed by atoms with Crippen molar-refractivity contribution < 1.29 is 9.53 Å². The van der Waals surface area contributed by atoms with Gasteiger partial charge in [-0.3, -0.25) is 14.2 Å². The molecule has 1 aliphatic heterocycles. The summed E-state index contributed by atoms with van der Waals surface area (Å²) in [7, 11) is 0. The third-order valence-electron chi connectivity index (χ3n) is 7.26. The number of benzene rings is 4. The minimum atomic E-state index is -0.705. The molecule has 1 aliphatic rings. The number of carbonyl (C=O) groups excluding carboxylic acids is 1. The maximum atomic E-state index is 14.0. The lowest BCUT2D eigenvalue weighted by molar-refractivity contribution is -0.113. The first-order valence-electron chi connectivity index (χ1n) is 13.9. The molecule has 0 fully saturated rings. The number of para-hydroxylation sites is 1. The van der Waals surface area contributed by atoms with E-state index in [2.05, 4.69) is 27.3 Å². The van der Waals surface area contributed by atoms with Crippen molar-refractivity contribution in [3.63, 3.8) is 0 Å². The van der Waals surface area contributed by atoms with Crippen molar-refractivity contribution >= 4 is 56.5 Å². The van der Waals surface area contributed by atoms with Gasteiger partial charge in [0.1, 0.15) is 12.4 Å². The number of ether oxygens (including phenoxy) is 1. The first-order valence-corrected chi connectivity index (χ1v) is 15.9. The van der Waals surface area contributed by atoms with E-state index in [0.717, 1.165) is 16.7 Å². The number of allylic oxidation sites excluding steroid dienone is 1. The van der Waals surface area contributed by atoms with E-state index in [9.17, 15) is 14.9 Å². The van der Waals surface area contributed by atoms with Crippen LogP contribution in [0.4, 0.5) is 5.69 Å². The van der Waals surface area contributed by atoms with Crippen LogP contribution in [0.15, 0.2) is 123 Å². The standard InChI is InChI=1S/C35H24BrClN4O3S/c1-21-31(33(42)40-27-9-3-2-4-10-27)32(23-12-14-26(37)15-13-23)41-34(43)30(45-35(41)39-21)18-22-11-16-29(28(36)17-22)44-20-25-8-6-5-7-24(25)19-38/h2-18,32H,20H2,1H3,(H,40,42)/b30-18+/t32-/m1/s1. The van der Waals surface area contributed by atoms with Gasteiger partial charge in [-0.05, 0) is 82.5 Å². The fourth-order valence-corrected chi connectivity index (χ4v) is 6.76. The number of nitriles is 1. The SMILES string of the molecule is CC1=C(C(=O)Nc2ccccc2)[C@@H](c2ccc(Cl)cc2)n2c(s/c(=C/c3ccc(OCc4ccccc4C#N)c(Br)c3)c2=O)=N1. The van der Waals surface area contributed by atoms with E-state index in [4.69, 9.17) is 21.3 Å². The largest absolute Gasteiger partial charge is 0.488 e. The van der Waals surface area contributed by atoms with E-state index < -0.39 is 6.04 Å². The van der Waals surface area contributed by atoms with Crippen LogP contribution in [0.25, 0.3) is 6.08 Å². The van der Waals surface area contributed by atoms with Gasteiger partial charge in [-0.1, -0.05) is 77.5 Å². The molecule has 6 rings (SSSR count). The minimum Gasteiger partial charge on any atom is -0.488 e. The molecule has 0 saturated heterocycles. The number of hydrogen-bond acceptors (Lipinski definition) is 6. The summed E-state index contributed by atoms with van der Waals surface area (Å²) < 4.78 is 8.72. The van der Waals surface area contributed by atoms with E-state index in [1.165, 1.54) is 11.3 Å². The molecule has 2 heterocycles. The Morgan fingerprint density at radius 2 is 1.82 bits per heavy atom. The predicted octanol–water partition coefficient (Wildman–Crippen LogP) is 6.74. The number of anilines is 1. The van der Waals surface area contributed by atoms with Crippen LogP contribution in [0, 0.1) is 11.3 Å². The van der Waals surface area contributed by atoms with E-state index >= 15 is 0 Å². The molecule has 45 heavy (non-hydrogen) atoms. The van der Waals surface area contributed by atoms with E-state index in [0.29, 0.717) is 47.1 Å². The lowest BCUT2D eigenvalue weighted by atomic mass is 9.95. The normalized spacial score (nSPS) is 14.4. The fourth-order valence-electron chi connectivity index (χ4n) is 5.08. The maximum Gasteiger partial charge on any atom is 0.271 e. The average molecular weight is 696 g/mol. The van der Waals surface area contributed by atoms with Gasteiger partial charge in [0.2, 0.25) is 0 Å². The number of carbonyl (C=O) groups is 1. The number of fused-ring (bicyclic) bond motifs is 1. The predicted molar refractivity (Wildman–Crippen MR) is 180 cm³/mol. The zero-order valence-corrected chi connectivity index (χ0v) is 27.0. The third-order valence-corrected chi connectivity index (χ3v) is 9.11. The van der Waals surface area contributed by atoms with Crippen LogP contribution in [0.1, 0.15) is 35.2 Å². The summed E-state index contributed by atoms with van der Waals surface area (Å²) in [4.78, 5) is 32.9. The third kappa shape index (κ3) is 6.40. The van der Waals surface area contributed by atoms with Gasteiger partial charge in [-0.2, -0.15) is 5.26 Å². The van der Waals surface area contributed by atoms with Gasteiger partial charge < -0.3 is 10.1 Å². The second-order valence-corrected chi connectivity index (χ2v) is 12.5. The second-order valence-electron chi connectivity index (χ2n) is 10.2. The van der Waals surface area contributed by atoms with Crippen molar-refractivity contribution in [3.8, 4) is 11.8 Å². The molecule has 1 N–H and O–H groups in total. The van der Waals surface area contributed by atoms with Gasteiger partial charge in [-0.15, -0.1) is 0 Å². The molecule has 0 spiro atoms. The van der Waals surface area contributed by atoms with Gasteiger partial charge in [-0.25, -0.2) is 4.99 Å². The molecule has 1 aromatic heterocycles. The Morgan fingerprint density at radius 3 is 2.56 bits per heavy atom. The van der Waals surface area contributed by atoms with Gasteiger partial charge in [0.05, 0.1) is 37.9 Å². The second kappa shape index (κ2) is 13.1. The number of aromatic nitrogens is 1. The molecule has 4 aromatic carbocycles. The monoisotopic (exact) mass is 694 g/mol. The van der Waals surface area contributed by atoms with Crippen molar-refractivity contribution in [3.05, 3.63) is 160 Å². The Labute approximate surface area is 276 Å². The summed E-state index contributed by atoms with van der Waals surface area (Å²) >= 11 is 11.0. The molecule has 1 atom stereocenters. The van der Waals surface area contributed by atoms with Crippen LogP contribution < -0.4 is 24.9 Å². The van der Waals surface area contributed by atoms with Crippen molar-refractivity contribution in [1.82, 2.24) is 4.57 Å². The van der Waals surface area contributed by atoms with Crippen LogP contribution in [-0.2, 0) is 11.4 Å². The number of nitrogens with one attached hydrogen (secondary N) is 1. The number of hydrogen-bond donors (Lipinski definition) is 1. The van der Waals surface area contributed by atoms with E-state index in [1.807, 2.05) is 66.7 Å². The van der Waals surface area contributed by atoms with E-state index in [-0.39, 0.29) is 18.1 Å². The van der Waals surface area contributed by atoms with Crippen molar-refractivity contribution in [2.45, 2.75) is 19.6 Å². The smallest absolute Gasteiger partial charge is 0.271 e. The Morgan fingerprint density at radius 1 is 1.09 bits per heavy atom. The number of nitrogens with zero attached hydrogens (tertiary/aromatic N) is 3. The Bertz CT molecular complexity index is 2190. The quantitative estimate of drug-likeness (QED) is 0.204. The van der Waals surface area contributed by atoms with E-state index in [1.54, 1.807) is 47.9 Å². The summed E-state index contributed by atoms with van der Waals surface area (Å²) in [6.07, 6.45) is 1.80. The molecule has 1 amide bonds. The van der Waals surface area contributed by atoms with Crippen LogP contribution >= 0.6 is 38.9 Å². The van der Waals surface area contributed by atoms with Gasteiger partial charge in [0, 0.05) is 16.3 Å². The molecule has 0 bridgehead atoms.